The molecule has 7 rings (SSSR count). The zero-order valence-electron chi connectivity index (χ0n) is 22.3. The normalized spacial score (nSPS) is 34.7. The van der Waals surface area contributed by atoms with Gasteiger partial charge in [-0.1, -0.05) is 84.1 Å². The molecule has 3 aliphatic heterocycles. The monoisotopic (exact) mass is 555 g/mol. The third-order valence-corrected chi connectivity index (χ3v) is 9.25. The first-order valence-electron chi connectivity index (χ1n) is 13.8. The highest BCUT2D eigenvalue weighted by Gasteiger charge is 2.69. The molecule has 10 nitrogen and oxygen atoms in total. The molecular weight excluding hydrogens is 526 g/mol. The number of methoxy groups -OCH3 is 1. The first-order chi connectivity index (χ1) is 19.9. The standard InChI is InChI=1S/C31H29N3O7/c1-39-31-18-23-22(28(35)32(29(23)36)21-15-9-4-10-16-21)17-24(31)25(19-11-5-2-6-12-19)27-26(20-13-7-3-8-14-20)30(33(37)38)40-34(27)41-31/h2-16,22-27,30H,17-18H2,1H3/t22-,23+,24+,25+,26?,27?,30?,31+/m0/s1. The van der Waals surface area contributed by atoms with Crippen LogP contribution < -0.4 is 4.90 Å². The second-order valence-corrected chi connectivity index (χ2v) is 11.1. The van der Waals surface area contributed by atoms with Crippen molar-refractivity contribution in [3.05, 3.63) is 112 Å². The van der Waals surface area contributed by atoms with Crippen molar-refractivity contribution in [2.24, 2.45) is 17.8 Å². The summed E-state index contributed by atoms with van der Waals surface area (Å²) in [6.07, 6.45) is -0.957. The van der Waals surface area contributed by atoms with Crippen molar-refractivity contribution in [1.82, 2.24) is 5.23 Å². The molecule has 3 aromatic rings. The van der Waals surface area contributed by atoms with Crippen LogP contribution in [0, 0.1) is 27.9 Å². The van der Waals surface area contributed by atoms with Gasteiger partial charge < -0.3 is 4.74 Å². The van der Waals surface area contributed by atoms with E-state index in [9.17, 15) is 19.7 Å². The Bertz CT molecular complexity index is 1470. The molecule has 0 bridgehead atoms. The van der Waals surface area contributed by atoms with Crippen LogP contribution in [0.4, 0.5) is 5.69 Å². The molecule has 3 unspecified atom stereocenters. The quantitative estimate of drug-likeness (QED) is 0.261. The van der Waals surface area contributed by atoms with Crippen LogP contribution in [0.2, 0.25) is 0 Å². The molecule has 3 heterocycles. The Balaban J connectivity index is 1.35. The lowest BCUT2D eigenvalue weighted by molar-refractivity contribution is -0.613. The van der Waals surface area contributed by atoms with Crippen LogP contribution >= 0.6 is 0 Å². The Kier molecular flexibility index (Phi) is 6.24. The summed E-state index contributed by atoms with van der Waals surface area (Å²) < 4.78 is 6.12. The molecule has 3 saturated heterocycles. The number of hydroxylamine groups is 2. The van der Waals surface area contributed by atoms with Gasteiger partial charge in [0.05, 0.1) is 28.5 Å². The van der Waals surface area contributed by atoms with Crippen LogP contribution in [0.15, 0.2) is 91.0 Å². The van der Waals surface area contributed by atoms with E-state index in [1.165, 1.54) is 17.2 Å². The van der Waals surface area contributed by atoms with Gasteiger partial charge in [-0.2, -0.15) is 4.84 Å². The number of hydrogen-bond acceptors (Lipinski definition) is 8. The Morgan fingerprint density at radius 2 is 1.41 bits per heavy atom. The molecule has 10 heteroatoms. The lowest BCUT2D eigenvalue weighted by Crippen LogP contribution is -2.62. The van der Waals surface area contributed by atoms with E-state index < -0.39 is 46.7 Å². The van der Waals surface area contributed by atoms with E-state index in [0.717, 1.165) is 11.1 Å². The summed E-state index contributed by atoms with van der Waals surface area (Å²) in [7, 11) is 1.52. The second kappa shape index (κ2) is 9.85. The van der Waals surface area contributed by atoms with Crippen LogP contribution in [-0.4, -0.2) is 47.1 Å². The number of anilines is 1. The summed E-state index contributed by atoms with van der Waals surface area (Å²) in [5.41, 5.74) is 2.22. The van der Waals surface area contributed by atoms with Crippen molar-refractivity contribution >= 4 is 17.5 Å². The molecule has 0 radical (unpaired) electrons. The summed E-state index contributed by atoms with van der Waals surface area (Å²) in [6.45, 7) is 0. The Morgan fingerprint density at radius 1 is 0.854 bits per heavy atom. The highest BCUT2D eigenvalue weighted by Crippen LogP contribution is 2.60. The molecule has 4 fully saturated rings. The maximum absolute atomic E-state index is 13.8. The van der Waals surface area contributed by atoms with Crippen molar-refractivity contribution in [2.45, 2.75) is 42.7 Å². The van der Waals surface area contributed by atoms with E-state index in [1.807, 2.05) is 66.7 Å². The highest BCUT2D eigenvalue weighted by molar-refractivity contribution is 6.22. The van der Waals surface area contributed by atoms with Gasteiger partial charge in [-0.15, -0.1) is 0 Å². The predicted molar refractivity (Wildman–Crippen MR) is 145 cm³/mol. The summed E-state index contributed by atoms with van der Waals surface area (Å²) in [5, 5.41) is 13.6. The summed E-state index contributed by atoms with van der Waals surface area (Å²) >= 11 is 0. The van der Waals surface area contributed by atoms with Crippen LogP contribution in [0.1, 0.15) is 35.8 Å². The van der Waals surface area contributed by atoms with E-state index >= 15 is 0 Å². The van der Waals surface area contributed by atoms with E-state index in [1.54, 1.807) is 24.3 Å². The topological polar surface area (TPSA) is 111 Å². The van der Waals surface area contributed by atoms with Gasteiger partial charge in [0.2, 0.25) is 11.8 Å². The Hall–Kier alpha value is -3.96. The number of carbonyl (C=O) groups excluding carboxylic acids is 2. The zero-order chi connectivity index (χ0) is 28.3. The number of nitrogens with zero attached hydrogens (tertiary/aromatic N) is 3. The van der Waals surface area contributed by atoms with Crippen molar-refractivity contribution < 1.29 is 28.9 Å². The van der Waals surface area contributed by atoms with E-state index in [2.05, 4.69) is 0 Å². The number of rotatable bonds is 5. The summed E-state index contributed by atoms with van der Waals surface area (Å²) in [6, 6.07) is 27.4. The van der Waals surface area contributed by atoms with Crippen LogP contribution in [0.3, 0.4) is 0 Å². The smallest absolute Gasteiger partial charge is 0.341 e. The SMILES string of the molecule is CO[C@@]12C[C@H]3C(=O)N(c4ccccc4)C(=O)[C@H]3C[C@@H]1[C@@H](c1ccccc1)C1C(c3ccccc3)C([N+](=O)[O-])ON1O2. The number of para-hydroxylation sites is 1. The maximum Gasteiger partial charge on any atom is 0.341 e. The summed E-state index contributed by atoms with van der Waals surface area (Å²) in [4.78, 5) is 53.1. The lowest BCUT2D eigenvalue weighted by atomic mass is 9.61. The van der Waals surface area contributed by atoms with Gasteiger partial charge in [0.15, 0.2) is 5.79 Å². The molecule has 210 valence electrons. The number of amides is 2. The number of imide groups is 1. The molecule has 0 aromatic heterocycles. The fraction of sp³-hybridized carbons (Fsp3) is 0.355. The van der Waals surface area contributed by atoms with Crippen LogP contribution in [0.5, 0.6) is 0 Å². The molecule has 3 aromatic carbocycles. The van der Waals surface area contributed by atoms with Gasteiger partial charge in [-0.3, -0.25) is 24.6 Å². The zero-order valence-corrected chi connectivity index (χ0v) is 22.3. The molecular formula is C31H29N3O7. The van der Waals surface area contributed by atoms with Gasteiger partial charge in [-0.05, 0) is 29.7 Å². The fourth-order valence-corrected chi connectivity index (χ4v) is 7.50. The molecule has 8 atom stereocenters. The third-order valence-electron chi connectivity index (χ3n) is 9.25. The van der Waals surface area contributed by atoms with E-state index in [0.29, 0.717) is 12.1 Å². The molecule has 41 heavy (non-hydrogen) atoms. The first kappa shape index (κ1) is 26.0. The third kappa shape index (κ3) is 3.93. The Morgan fingerprint density at radius 3 is 2.00 bits per heavy atom. The average Bonchev–Trinajstić information content (AvgIpc) is 3.50. The highest BCUT2D eigenvalue weighted by atomic mass is 17.0. The number of fused-ring (bicyclic) bond motifs is 3. The van der Waals surface area contributed by atoms with Crippen molar-refractivity contribution in [1.29, 1.82) is 0 Å². The number of ether oxygens (including phenoxy) is 1. The number of nitro groups is 1. The molecule has 0 spiro atoms. The fourth-order valence-electron chi connectivity index (χ4n) is 7.50. The number of carbonyl (C=O) groups is 2. The molecule has 1 saturated carbocycles. The van der Waals surface area contributed by atoms with Crippen molar-refractivity contribution in [3.63, 3.8) is 0 Å². The minimum Gasteiger partial charge on any atom is -0.351 e. The van der Waals surface area contributed by atoms with Crippen molar-refractivity contribution in [2.75, 3.05) is 12.0 Å². The molecule has 0 N–H and O–H groups in total. The van der Waals surface area contributed by atoms with Gasteiger partial charge in [-0.25, -0.2) is 4.84 Å². The molecule has 1 aliphatic carbocycles. The van der Waals surface area contributed by atoms with Crippen LogP contribution in [0.25, 0.3) is 0 Å². The number of hydrogen-bond donors (Lipinski definition) is 0. The predicted octanol–water partition coefficient (Wildman–Crippen LogP) is 4.28. The average molecular weight is 556 g/mol. The van der Waals surface area contributed by atoms with E-state index in [-0.39, 0.29) is 24.2 Å². The van der Waals surface area contributed by atoms with Crippen LogP contribution in [-0.2, 0) is 24.0 Å². The number of benzene rings is 3. The van der Waals surface area contributed by atoms with Gasteiger partial charge in [0.25, 0.3) is 0 Å². The van der Waals surface area contributed by atoms with Gasteiger partial charge in [0, 0.05) is 25.4 Å². The molecule has 2 amide bonds. The molecule has 4 aliphatic rings. The largest absolute Gasteiger partial charge is 0.351 e. The van der Waals surface area contributed by atoms with Gasteiger partial charge in [0.1, 0.15) is 5.92 Å². The maximum atomic E-state index is 13.8. The minimum atomic E-state index is -1.39. The summed E-state index contributed by atoms with van der Waals surface area (Å²) in [5.74, 6) is -4.53. The van der Waals surface area contributed by atoms with E-state index in [4.69, 9.17) is 14.4 Å². The van der Waals surface area contributed by atoms with Gasteiger partial charge >= 0.3 is 6.23 Å². The lowest BCUT2D eigenvalue weighted by Gasteiger charge is -2.55. The first-order valence-corrected chi connectivity index (χ1v) is 13.8. The Labute approximate surface area is 236 Å². The minimum absolute atomic E-state index is 0.113. The second-order valence-electron chi connectivity index (χ2n) is 11.1. The van der Waals surface area contributed by atoms with Crippen molar-refractivity contribution in [3.8, 4) is 0 Å².